The number of hydrogen-bond donors (Lipinski definition) is 1. The molecular formula is C16H33NO. The zero-order chi connectivity index (χ0) is 13.5. The van der Waals surface area contributed by atoms with E-state index in [1.54, 1.807) is 0 Å². The second-order valence-corrected chi connectivity index (χ2v) is 5.04. The Labute approximate surface area is 114 Å². The SMILES string of the molecule is C=C(CCCCCCCCCCOCCC)NC. The van der Waals surface area contributed by atoms with Crippen LogP contribution in [0.15, 0.2) is 12.3 Å². The molecule has 1 N–H and O–H groups in total. The average Bonchev–Trinajstić information content (AvgIpc) is 2.39. The molecule has 0 rings (SSSR count). The Morgan fingerprint density at radius 3 is 2.00 bits per heavy atom. The number of ether oxygens (including phenoxy) is 1. The molecule has 2 nitrogen and oxygen atoms in total. The molecule has 18 heavy (non-hydrogen) atoms. The molecule has 0 radical (unpaired) electrons. The van der Waals surface area contributed by atoms with Crippen molar-refractivity contribution in [3.05, 3.63) is 12.3 Å². The maximum Gasteiger partial charge on any atom is 0.0466 e. The highest BCUT2D eigenvalue weighted by Crippen LogP contribution is 2.11. The Balaban J connectivity index is 2.97. The fourth-order valence-corrected chi connectivity index (χ4v) is 1.97. The van der Waals surface area contributed by atoms with Crippen LogP contribution < -0.4 is 5.32 Å². The van der Waals surface area contributed by atoms with E-state index in [0.717, 1.165) is 26.1 Å². The van der Waals surface area contributed by atoms with Crippen LogP contribution in [-0.4, -0.2) is 20.3 Å². The molecule has 0 aromatic rings. The van der Waals surface area contributed by atoms with Gasteiger partial charge < -0.3 is 10.1 Å². The second kappa shape index (κ2) is 14.6. The van der Waals surface area contributed by atoms with Gasteiger partial charge in [-0.15, -0.1) is 0 Å². The maximum atomic E-state index is 5.46. The lowest BCUT2D eigenvalue weighted by Gasteiger charge is -2.05. The van der Waals surface area contributed by atoms with Gasteiger partial charge in [-0.2, -0.15) is 0 Å². The molecule has 0 bridgehead atoms. The average molecular weight is 255 g/mol. The topological polar surface area (TPSA) is 21.3 Å². The molecule has 0 aromatic carbocycles. The molecule has 0 heterocycles. The van der Waals surface area contributed by atoms with Crippen LogP contribution in [0.2, 0.25) is 0 Å². The Morgan fingerprint density at radius 1 is 0.889 bits per heavy atom. The van der Waals surface area contributed by atoms with Gasteiger partial charge in [-0.25, -0.2) is 0 Å². The highest BCUT2D eigenvalue weighted by Gasteiger charge is 1.94. The molecule has 108 valence electrons. The first-order valence-electron chi connectivity index (χ1n) is 7.74. The summed E-state index contributed by atoms with van der Waals surface area (Å²) in [7, 11) is 1.95. The van der Waals surface area contributed by atoms with E-state index in [1.807, 2.05) is 7.05 Å². The Kier molecular flexibility index (Phi) is 14.2. The van der Waals surface area contributed by atoms with Crippen molar-refractivity contribution in [2.75, 3.05) is 20.3 Å². The third-order valence-electron chi connectivity index (χ3n) is 3.22. The summed E-state index contributed by atoms with van der Waals surface area (Å²) in [6.07, 6.45) is 13.0. The summed E-state index contributed by atoms with van der Waals surface area (Å²) in [4.78, 5) is 0. The van der Waals surface area contributed by atoms with Crippen LogP contribution in [-0.2, 0) is 4.74 Å². The van der Waals surface area contributed by atoms with Crippen molar-refractivity contribution in [3.8, 4) is 0 Å². The molecule has 2 heteroatoms. The molecule has 0 aromatic heterocycles. The van der Waals surface area contributed by atoms with Gasteiger partial charge in [-0.1, -0.05) is 52.0 Å². The van der Waals surface area contributed by atoms with Crippen LogP contribution in [0.25, 0.3) is 0 Å². The quantitative estimate of drug-likeness (QED) is 0.456. The van der Waals surface area contributed by atoms with Gasteiger partial charge in [-0.05, 0) is 25.7 Å². The zero-order valence-corrected chi connectivity index (χ0v) is 12.6. The van der Waals surface area contributed by atoms with Crippen LogP contribution in [0.1, 0.15) is 71.1 Å². The van der Waals surface area contributed by atoms with E-state index >= 15 is 0 Å². The van der Waals surface area contributed by atoms with Gasteiger partial charge >= 0.3 is 0 Å². The minimum atomic E-state index is 0.928. The summed E-state index contributed by atoms with van der Waals surface area (Å²) in [5.74, 6) is 0. The predicted octanol–water partition coefficient (Wildman–Crippen LogP) is 4.66. The minimum absolute atomic E-state index is 0.928. The second-order valence-electron chi connectivity index (χ2n) is 5.04. The molecule has 0 unspecified atom stereocenters. The lowest BCUT2D eigenvalue weighted by atomic mass is 10.1. The molecule has 0 spiro atoms. The van der Waals surface area contributed by atoms with E-state index in [2.05, 4.69) is 18.8 Å². The number of allylic oxidation sites excluding steroid dienone is 1. The lowest BCUT2D eigenvalue weighted by Crippen LogP contribution is -2.03. The standard InChI is InChI=1S/C16H33NO/c1-4-14-18-15-12-10-8-6-5-7-9-11-13-16(2)17-3/h17H,2,4-15H2,1,3H3. The van der Waals surface area contributed by atoms with Crippen molar-refractivity contribution >= 4 is 0 Å². The molecule has 0 aliphatic rings. The number of unbranched alkanes of at least 4 members (excludes halogenated alkanes) is 7. The van der Waals surface area contributed by atoms with Crippen LogP contribution in [0, 0.1) is 0 Å². The van der Waals surface area contributed by atoms with Gasteiger partial charge in [0.2, 0.25) is 0 Å². The van der Waals surface area contributed by atoms with E-state index in [1.165, 1.54) is 57.1 Å². The summed E-state index contributed by atoms with van der Waals surface area (Å²) in [5, 5.41) is 3.10. The molecule has 0 amide bonds. The summed E-state index contributed by atoms with van der Waals surface area (Å²) in [6.45, 7) is 7.98. The van der Waals surface area contributed by atoms with Gasteiger partial charge in [0.15, 0.2) is 0 Å². The van der Waals surface area contributed by atoms with E-state index < -0.39 is 0 Å². The first kappa shape index (κ1) is 17.5. The van der Waals surface area contributed by atoms with Gasteiger partial charge in [0.1, 0.15) is 0 Å². The van der Waals surface area contributed by atoms with E-state index in [0.29, 0.717) is 0 Å². The van der Waals surface area contributed by atoms with Gasteiger partial charge in [0, 0.05) is 26.0 Å². The lowest BCUT2D eigenvalue weighted by molar-refractivity contribution is 0.130. The molecule has 0 fully saturated rings. The van der Waals surface area contributed by atoms with Crippen molar-refractivity contribution in [2.45, 2.75) is 71.1 Å². The van der Waals surface area contributed by atoms with Gasteiger partial charge in [-0.3, -0.25) is 0 Å². The third-order valence-corrected chi connectivity index (χ3v) is 3.22. The number of hydrogen-bond acceptors (Lipinski definition) is 2. The monoisotopic (exact) mass is 255 g/mol. The number of rotatable bonds is 14. The molecule has 0 saturated heterocycles. The Hall–Kier alpha value is -0.500. The van der Waals surface area contributed by atoms with Gasteiger partial charge in [0.05, 0.1) is 0 Å². The van der Waals surface area contributed by atoms with Crippen molar-refractivity contribution < 1.29 is 4.74 Å². The first-order chi connectivity index (χ1) is 8.81. The van der Waals surface area contributed by atoms with Crippen LogP contribution >= 0.6 is 0 Å². The first-order valence-corrected chi connectivity index (χ1v) is 7.74. The Bertz CT molecular complexity index is 180. The van der Waals surface area contributed by atoms with Crippen molar-refractivity contribution in [1.82, 2.24) is 5.32 Å². The van der Waals surface area contributed by atoms with Crippen LogP contribution in [0.3, 0.4) is 0 Å². The molecule has 0 aliphatic heterocycles. The molecule has 0 aliphatic carbocycles. The highest BCUT2D eigenvalue weighted by molar-refractivity contribution is 4.88. The van der Waals surface area contributed by atoms with Crippen molar-refractivity contribution in [3.63, 3.8) is 0 Å². The third kappa shape index (κ3) is 13.6. The molecule has 0 atom stereocenters. The van der Waals surface area contributed by atoms with E-state index in [4.69, 9.17) is 4.74 Å². The highest BCUT2D eigenvalue weighted by atomic mass is 16.5. The van der Waals surface area contributed by atoms with Crippen LogP contribution in [0.5, 0.6) is 0 Å². The van der Waals surface area contributed by atoms with Gasteiger partial charge in [0.25, 0.3) is 0 Å². The minimum Gasteiger partial charge on any atom is -0.392 e. The van der Waals surface area contributed by atoms with E-state index in [-0.39, 0.29) is 0 Å². The zero-order valence-electron chi connectivity index (χ0n) is 12.6. The predicted molar refractivity (Wildman–Crippen MR) is 80.9 cm³/mol. The smallest absolute Gasteiger partial charge is 0.0466 e. The summed E-state index contributed by atoms with van der Waals surface area (Å²) in [6, 6.07) is 0. The van der Waals surface area contributed by atoms with Crippen molar-refractivity contribution in [1.29, 1.82) is 0 Å². The normalized spacial score (nSPS) is 10.6. The van der Waals surface area contributed by atoms with E-state index in [9.17, 15) is 0 Å². The molecular weight excluding hydrogens is 222 g/mol. The maximum absolute atomic E-state index is 5.46. The van der Waals surface area contributed by atoms with Crippen LogP contribution in [0.4, 0.5) is 0 Å². The fraction of sp³-hybridized carbons (Fsp3) is 0.875. The summed E-state index contributed by atoms with van der Waals surface area (Å²) >= 11 is 0. The summed E-state index contributed by atoms with van der Waals surface area (Å²) < 4.78 is 5.46. The number of nitrogens with one attached hydrogen (secondary N) is 1. The summed E-state index contributed by atoms with van der Waals surface area (Å²) in [5.41, 5.74) is 1.17. The fourth-order valence-electron chi connectivity index (χ4n) is 1.97. The Morgan fingerprint density at radius 2 is 1.44 bits per heavy atom. The molecule has 0 saturated carbocycles. The largest absolute Gasteiger partial charge is 0.392 e. The van der Waals surface area contributed by atoms with Crippen molar-refractivity contribution in [2.24, 2.45) is 0 Å².